The van der Waals surface area contributed by atoms with Crippen LogP contribution in [0.1, 0.15) is 19.8 Å². The van der Waals surface area contributed by atoms with Crippen LogP contribution in [0.3, 0.4) is 0 Å². The summed E-state index contributed by atoms with van der Waals surface area (Å²) < 4.78 is 20.4. The minimum atomic E-state index is -0.496. The van der Waals surface area contributed by atoms with E-state index in [0.29, 0.717) is 11.1 Å². The molecule has 0 aliphatic carbocycles. The van der Waals surface area contributed by atoms with E-state index in [1.807, 2.05) is 0 Å². The van der Waals surface area contributed by atoms with Crippen molar-refractivity contribution in [1.29, 1.82) is 0 Å². The number of epoxide rings is 2. The fourth-order valence-corrected chi connectivity index (χ4v) is 2.07. The van der Waals surface area contributed by atoms with Gasteiger partial charge in [0.25, 0.3) is 0 Å². The Bertz CT molecular complexity index is 447. The molecule has 0 aromatic rings. The van der Waals surface area contributed by atoms with Crippen molar-refractivity contribution >= 4 is 11.9 Å². The van der Waals surface area contributed by atoms with Crippen LogP contribution in [0, 0.1) is 5.92 Å². The Balaban J connectivity index is 1.70. The van der Waals surface area contributed by atoms with E-state index in [9.17, 15) is 9.59 Å². The molecule has 2 atom stereocenters. The third-order valence-electron chi connectivity index (χ3n) is 3.55. The summed E-state index contributed by atoms with van der Waals surface area (Å²) in [7, 11) is 0. The van der Waals surface area contributed by atoms with Gasteiger partial charge in [0.1, 0.15) is 13.2 Å². The summed E-state index contributed by atoms with van der Waals surface area (Å²) in [5.74, 6) is -0.951. The highest BCUT2D eigenvalue weighted by atomic mass is 16.6. The lowest BCUT2D eigenvalue weighted by atomic mass is 9.90. The fourth-order valence-electron chi connectivity index (χ4n) is 2.07. The van der Waals surface area contributed by atoms with Crippen molar-refractivity contribution in [2.24, 2.45) is 5.92 Å². The van der Waals surface area contributed by atoms with Gasteiger partial charge in [-0.1, -0.05) is 13.2 Å². The Kier molecular flexibility index (Phi) is 5.74. The van der Waals surface area contributed by atoms with E-state index < -0.39 is 11.9 Å². The Hall–Kier alpha value is -1.66. The van der Waals surface area contributed by atoms with Crippen molar-refractivity contribution in [1.82, 2.24) is 0 Å². The molecule has 2 unspecified atom stereocenters. The van der Waals surface area contributed by atoms with Gasteiger partial charge in [0.2, 0.25) is 0 Å². The van der Waals surface area contributed by atoms with Crippen molar-refractivity contribution < 1.29 is 28.5 Å². The summed E-state index contributed by atoms with van der Waals surface area (Å²) in [6, 6.07) is 0. The molecule has 2 fully saturated rings. The topological polar surface area (TPSA) is 77.7 Å². The van der Waals surface area contributed by atoms with Gasteiger partial charge in [-0.2, -0.15) is 0 Å². The van der Waals surface area contributed by atoms with Crippen LogP contribution in [-0.4, -0.2) is 50.6 Å². The highest BCUT2D eigenvalue weighted by Crippen LogP contribution is 2.31. The summed E-state index contributed by atoms with van der Waals surface area (Å²) in [5.41, 5.74) is 0.738. The van der Waals surface area contributed by atoms with Gasteiger partial charge < -0.3 is 18.9 Å². The number of ether oxygens (including phenoxy) is 4. The average Bonchev–Trinajstić information content (AvgIpc) is 3.36. The zero-order chi connectivity index (χ0) is 16.1. The molecule has 22 heavy (non-hydrogen) atoms. The molecule has 2 aliphatic rings. The first-order valence-corrected chi connectivity index (χ1v) is 7.39. The molecule has 0 N–H and O–H groups in total. The van der Waals surface area contributed by atoms with Crippen LogP contribution in [0.15, 0.2) is 24.3 Å². The zero-order valence-corrected chi connectivity index (χ0v) is 12.8. The van der Waals surface area contributed by atoms with Crippen LogP contribution in [0.4, 0.5) is 0 Å². The van der Waals surface area contributed by atoms with Crippen LogP contribution in [0.2, 0.25) is 0 Å². The highest BCUT2D eigenvalue weighted by molar-refractivity contribution is 5.88. The first kappa shape index (κ1) is 16.7. The number of carbonyl (C=O) groups is 2. The predicted molar refractivity (Wildman–Crippen MR) is 78.1 cm³/mol. The molecule has 0 amide bonds. The molecule has 2 aliphatic heterocycles. The van der Waals surface area contributed by atoms with Gasteiger partial charge in [0.05, 0.1) is 25.4 Å². The van der Waals surface area contributed by atoms with Crippen molar-refractivity contribution in [2.45, 2.75) is 32.0 Å². The fraction of sp³-hybridized carbons (Fsp3) is 0.625. The van der Waals surface area contributed by atoms with Crippen molar-refractivity contribution in [3.05, 3.63) is 24.3 Å². The third kappa shape index (κ3) is 5.61. The number of esters is 2. The molecule has 0 spiro atoms. The quantitative estimate of drug-likeness (QED) is 0.263. The standard InChI is InChI=1S/C16H22O6/c1-10(2)15(17)19-4-5-20-16(18)11(3)12(6-13-8-21-13)7-14-9-22-14/h12-14H,1,3-9H2,2H3. The number of hydrogen-bond donors (Lipinski definition) is 0. The van der Waals surface area contributed by atoms with Gasteiger partial charge in [-0.25, -0.2) is 9.59 Å². The first-order chi connectivity index (χ1) is 10.5. The molecule has 0 saturated carbocycles. The molecule has 6 heteroatoms. The lowest BCUT2D eigenvalue weighted by Gasteiger charge is -2.17. The van der Waals surface area contributed by atoms with Crippen LogP contribution < -0.4 is 0 Å². The summed E-state index contributed by atoms with van der Waals surface area (Å²) in [4.78, 5) is 23.2. The Morgan fingerprint density at radius 2 is 1.50 bits per heavy atom. The van der Waals surface area contributed by atoms with Crippen molar-refractivity contribution in [3.63, 3.8) is 0 Å². The molecule has 2 heterocycles. The Morgan fingerprint density at radius 1 is 1.05 bits per heavy atom. The normalized spacial score (nSPS) is 23.3. The first-order valence-electron chi connectivity index (χ1n) is 7.39. The monoisotopic (exact) mass is 310 g/mol. The molecule has 0 radical (unpaired) electrons. The Morgan fingerprint density at radius 3 is 1.91 bits per heavy atom. The summed E-state index contributed by atoms with van der Waals surface area (Å²) in [6.45, 7) is 10.4. The van der Waals surface area contributed by atoms with Gasteiger partial charge in [0.15, 0.2) is 0 Å². The minimum absolute atomic E-state index is 0.00342. The summed E-state index contributed by atoms with van der Waals surface area (Å²) in [5, 5.41) is 0. The third-order valence-corrected chi connectivity index (χ3v) is 3.55. The summed E-state index contributed by atoms with van der Waals surface area (Å²) in [6.07, 6.45) is 1.95. The van der Waals surface area contributed by atoms with E-state index in [4.69, 9.17) is 18.9 Å². The number of carbonyl (C=O) groups excluding carboxylic acids is 2. The van der Waals surface area contributed by atoms with Crippen LogP contribution >= 0.6 is 0 Å². The molecule has 0 aromatic heterocycles. The van der Waals surface area contributed by atoms with E-state index in [2.05, 4.69) is 13.2 Å². The number of rotatable bonds is 10. The van der Waals surface area contributed by atoms with Gasteiger partial charge in [-0.05, 0) is 25.7 Å². The lowest BCUT2D eigenvalue weighted by molar-refractivity contribution is -0.147. The second kappa shape index (κ2) is 7.56. The molecule has 0 bridgehead atoms. The van der Waals surface area contributed by atoms with Crippen molar-refractivity contribution in [3.8, 4) is 0 Å². The highest BCUT2D eigenvalue weighted by Gasteiger charge is 2.35. The van der Waals surface area contributed by atoms with Gasteiger partial charge in [0, 0.05) is 11.1 Å². The number of hydrogen-bond acceptors (Lipinski definition) is 6. The zero-order valence-electron chi connectivity index (χ0n) is 12.8. The molecule has 6 nitrogen and oxygen atoms in total. The molecule has 2 rings (SSSR count). The molecule has 122 valence electrons. The average molecular weight is 310 g/mol. The molecular formula is C16H22O6. The van der Waals surface area contributed by atoms with Crippen LogP contribution in [0.5, 0.6) is 0 Å². The van der Waals surface area contributed by atoms with E-state index in [-0.39, 0.29) is 31.3 Å². The Labute approximate surface area is 130 Å². The second-order valence-electron chi connectivity index (χ2n) is 5.66. The van der Waals surface area contributed by atoms with Gasteiger partial charge >= 0.3 is 11.9 Å². The second-order valence-corrected chi connectivity index (χ2v) is 5.66. The maximum absolute atomic E-state index is 12.0. The van der Waals surface area contributed by atoms with Crippen LogP contribution in [0.25, 0.3) is 0 Å². The smallest absolute Gasteiger partial charge is 0.333 e. The maximum atomic E-state index is 12.0. The summed E-state index contributed by atoms with van der Waals surface area (Å²) >= 11 is 0. The molecule has 2 saturated heterocycles. The van der Waals surface area contributed by atoms with Gasteiger partial charge in [-0.15, -0.1) is 0 Å². The maximum Gasteiger partial charge on any atom is 0.333 e. The van der Waals surface area contributed by atoms with Gasteiger partial charge in [-0.3, -0.25) is 0 Å². The van der Waals surface area contributed by atoms with E-state index in [1.165, 1.54) is 0 Å². The predicted octanol–water partition coefficient (Wildman–Crippen LogP) is 1.40. The molecule has 0 aromatic carbocycles. The van der Waals surface area contributed by atoms with E-state index in [0.717, 1.165) is 26.1 Å². The van der Waals surface area contributed by atoms with E-state index >= 15 is 0 Å². The van der Waals surface area contributed by atoms with Crippen LogP contribution in [-0.2, 0) is 28.5 Å². The minimum Gasteiger partial charge on any atom is -0.459 e. The largest absolute Gasteiger partial charge is 0.459 e. The SMILES string of the molecule is C=C(C)C(=O)OCCOC(=O)C(=C)C(CC1CO1)CC1CO1. The molecular weight excluding hydrogens is 288 g/mol. The van der Waals surface area contributed by atoms with E-state index in [1.54, 1.807) is 6.92 Å². The lowest BCUT2D eigenvalue weighted by Crippen LogP contribution is -2.20. The van der Waals surface area contributed by atoms with Crippen molar-refractivity contribution in [2.75, 3.05) is 26.4 Å².